The molecule has 0 aliphatic carbocycles. The largest absolute Gasteiger partial charge is 0.371 e. The Balaban J connectivity index is 1.59. The molecule has 8 nitrogen and oxygen atoms in total. The number of nitrogens with one attached hydrogen (secondary N) is 1. The van der Waals surface area contributed by atoms with Gasteiger partial charge in [-0.3, -0.25) is 0 Å². The van der Waals surface area contributed by atoms with Gasteiger partial charge in [0.05, 0.1) is 0 Å². The molecule has 29 heavy (non-hydrogen) atoms. The van der Waals surface area contributed by atoms with E-state index in [0.29, 0.717) is 24.9 Å². The van der Waals surface area contributed by atoms with E-state index in [1.807, 2.05) is 32.9 Å². The normalized spacial score (nSPS) is 16.2. The van der Waals surface area contributed by atoms with Gasteiger partial charge in [-0.05, 0) is 45.0 Å². The van der Waals surface area contributed by atoms with Crippen molar-refractivity contribution in [1.82, 2.24) is 20.4 Å². The summed E-state index contributed by atoms with van der Waals surface area (Å²) >= 11 is 0. The summed E-state index contributed by atoms with van der Waals surface area (Å²) < 4.78 is 23.9. The van der Waals surface area contributed by atoms with Crippen LogP contribution in [0.1, 0.15) is 38.6 Å². The molecule has 1 fully saturated rings. The predicted octanol–water partition coefficient (Wildman–Crippen LogP) is 2.59. The van der Waals surface area contributed by atoms with Crippen molar-refractivity contribution in [1.29, 1.82) is 0 Å². The van der Waals surface area contributed by atoms with Crippen LogP contribution >= 0.6 is 0 Å². The summed E-state index contributed by atoms with van der Waals surface area (Å²) in [6.07, 6.45) is -0.200. The van der Waals surface area contributed by atoms with Crippen molar-refractivity contribution < 1.29 is 13.7 Å². The number of aromatic nitrogens is 2. The third kappa shape index (κ3) is 5.66. The first-order valence-corrected chi connectivity index (χ1v) is 10.1. The lowest BCUT2D eigenvalue weighted by Gasteiger charge is -2.37. The first-order valence-electron chi connectivity index (χ1n) is 10.1. The number of guanidine groups is 1. The lowest BCUT2D eigenvalue weighted by Crippen LogP contribution is -2.52. The molecule has 1 aliphatic heterocycles. The Morgan fingerprint density at radius 1 is 1.24 bits per heavy atom. The van der Waals surface area contributed by atoms with Crippen LogP contribution in [-0.4, -0.2) is 60.3 Å². The monoisotopic (exact) mass is 404 g/mol. The van der Waals surface area contributed by atoms with E-state index in [2.05, 4.69) is 30.2 Å². The average molecular weight is 404 g/mol. The summed E-state index contributed by atoms with van der Waals surface area (Å²) in [5, 5.41) is 7.30. The third-order valence-electron chi connectivity index (χ3n) is 4.73. The van der Waals surface area contributed by atoms with E-state index in [4.69, 9.17) is 9.26 Å². The molecule has 9 heteroatoms. The van der Waals surface area contributed by atoms with Gasteiger partial charge in [0.15, 0.2) is 11.8 Å². The van der Waals surface area contributed by atoms with E-state index in [1.165, 1.54) is 12.1 Å². The van der Waals surface area contributed by atoms with Crippen LogP contribution in [0, 0.1) is 5.82 Å². The van der Waals surface area contributed by atoms with Gasteiger partial charge in [0.1, 0.15) is 18.5 Å². The highest BCUT2D eigenvalue weighted by atomic mass is 19.1. The van der Waals surface area contributed by atoms with Crippen molar-refractivity contribution in [3.8, 4) is 0 Å². The molecular weight excluding hydrogens is 375 g/mol. The SMILES string of the molecule is CCNC(=NCc1nc(C(C)OCC)no1)N1CCN(c2ccc(F)cc2)CC1. The van der Waals surface area contributed by atoms with Gasteiger partial charge in [0.2, 0.25) is 5.89 Å². The first-order chi connectivity index (χ1) is 14.1. The summed E-state index contributed by atoms with van der Waals surface area (Å²) in [5.74, 6) is 1.61. The van der Waals surface area contributed by atoms with Gasteiger partial charge in [0.25, 0.3) is 0 Å². The number of aliphatic imine (C=N–C) groups is 1. The summed E-state index contributed by atoms with van der Waals surface area (Å²) in [6, 6.07) is 6.64. The zero-order valence-electron chi connectivity index (χ0n) is 17.3. The highest BCUT2D eigenvalue weighted by Crippen LogP contribution is 2.17. The second-order valence-electron chi connectivity index (χ2n) is 6.76. The molecule has 2 heterocycles. The number of halogens is 1. The second-order valence-corrected chi connectivity index (χ2v) is 6.76. The fourth-order valence-corrected chi connectivity index (χ4v) is 3.22. The lowest BCUT2D eigenvalue weighted by molar-refractivity contribution is 0.0683. The van der Waals surface area contributed by atoms with Crippen LogP contribution in [0.15, 0.2) is 33.8 Å². The van der Waals surface area contributed by atoms with Crippen molar-refractivity contribution >= 4 is 11.6 Å². The zero-order valence-corrected chi connectivity index (χ0v) is 17.3. The summed E-state index contributed by atoms with van der Waals surface area (Å²) in [6.45, 7) is 10.9. The van der Waals surface area contributed by atoms with Gasteiger partial charge >= 0.3 is 0 Å². The second kappa shape index (κ2) is 10.2. The maximum atomic E-state index is 13.1. The van der Waals surface area contributed by atoms with Gasteiger partial charge in [-0.15, -0.1) is 0 Å². The van der Waals surface area contributed by atoms with Gasteiger partial charge in [-0.2, -0.15) is 4.98 Å². The number of benzene rings is 1. The lowest BCUT2D eigenvalue weighted by atomic mass is 10.2. The van der Waals surface area contributed by atoms with Crippen molar-refractivity contribution in [3.05, 3.63) is 41.8 Å². The summed E-state index contributed by atoms with van der Waals surface area (Å²) in [7, 11) is 0. The van der Waals surface area contributed by atoms with Crippen molar-refractivity contribution in [3.63, 3.8) is 0 Å². The molecule has 0 saturated carbocycles. The molecule has 1 saturated heterocycles. The standard InChI is InChI=1S/C20H29FN6O2/c1-4-22-20(23-14-18-24-19(25-29-18)15(3)28-5-2)27-12-10-26(11-13-27)17-8-6-16(21)7-9-17/h6-9,15H,4-5,10-14H2,1-3H3,(H,22,23). The number of hydrogen-bond acceptors (Lipinski definition) is 6. The van der Waals surface area contributed by atoms with Crippen LogP contribution in [0.3, 0.4) is 0 Å². The fourth-order valence-electron chi connectivity index (χ4n) is 3.22. The third-order valence-corrected chi connectivity index (χ3v) is 4.73. The molecule has 0 radical (unpaired) electrons. The number of anilines is 1. The molecule has 1 aromatic heterocycles. The minimum absolute atomic E-state index is 0.200. The Bertz CT molecular complexity index is 787. The molecule has 1 aliphatic rings. The van der Waals surface area contributed by atoms with E-state index >= 15 is 0 Å². The van der Waals surface area contributed by atoms with E-state index in [1.54, 1.807) is 0 Å². The number of rotatable bonds is 7. The van der Waals surface area contributed by atoms with Gasteiger partial charge in [-0.25, -0.2) is 9.38 Å². The van der Waals surface area contributed by atoms with Crippen molar-refractivity contribution in [2.45, 2.75) is 33.4 Å². The molecule has 158 valence electrons. The predicted molar refractivity (Wildman–Crippen MR) is 109 cm³/mol. The van der Waals surface area contributed by atoms with Gasteiger partial charge in [-0.1, -0.05) is 5.16 Å². The Morgan fingerprint density at radius 2 is 1.97 bits per heavy atom. The first kappa shape index (κ1) is 21.0. The molecular formula is C20H29FN6O2. The molecule has 2 aromatic rings. The number of hydrogen-bond donors (Lipinski definition) is 1. The van der Waals surface area contributed by atoms with Gasteiger partial charge < -0.3 is 24.4 Å². The number of piperazine rings is 1. The smallest absolute Gasteiger partial charge is 0.248 e. The molecule has 1 atom stereocenters. The van der Waals surface area contributed by atoms with Crippen LogP contribution < -0.4 is 10.2 Å². The molecule has 1 unspecified atom stereocenters. The minimum atomic E-state index is -0.214. The molecule has 1 aromatic carbocycles. The molecule has 0 spiro atoms. The highest BCUT2D eigenvalue weighted by Gasteiger charge is 2.20. The fraction of sp³-hybridized carbons (Fsp3) is 0.550. The molecule has 0 bridgehead atoms. The number of ether oxygens (including phenoxy) is 1. The summed E-state index contributed by atoms with van der Waals surface area (Å²) in [5.41, 5.74) is 1.04. The number of nitrogens with zero attached hydrogens (tertiary/aromatic N) is 5. The minimum Gasteiger partial charge on any atom is -0.371 e. The van der Waals surface area contributed by atoms with E-state index < -0.39 is 0 Å². The highest BCUT2D eigenvalue weighted by molar-refractivity contribution is 5.80. The Labute approximate surface area is 170 Å². The van der Waals surface area contributed by atoms with Crippen LogP contribution in [-0.2, 0) is 11.3 Å². The molecule has 1 N–H and O–H groups in total. The Kier molecular flexibility index (Phi) is 7.40. The van der Waals surface area contributed by atoms with Crippen molar-refractivity contribution in [2.75, 3.05) is 44.2 Å². The molecule has 3 rings (SSSR count). The average Bonchev–Trinajstić information content (AvgIpc) is 3.21. The maximum Gasteiger partial charge on any atom is 0.248 e. The molecule has 0 amide bonds. The Hall–Kier alpha value is -2.68. The van der Waals surface area contributed by atoms with E-state index in [-0.39, 0.29) is 11.9 Å². The van der Waals surface area contributed by atoms with Crippen LogP contribution in [0.2, 0.25) is 0 Å². The van der Waals surface area contributed by atoms with Gasteiger partial charge in [0, 0.05) is 45.0 Å². The van der Waals surface area contributed by atoms with Crippen LogP contribution in [0.4, 0.5) is 10.1 Å². The zero-order chi connectivity index (χ0) is 20.6. The van der Waals surface area contributed by atoms with Crippen molar-refractivity contribution in [2.24, 2.45) is 4.99 Å². The maximum absolute atomic E-state index is 13.1. The van der Waals surface area contributed by atoms with E-state index in [0.717, 1.165) is 44.4 Å². The van der Waals surface area contributed by atoms with Crippen LogP contribution in [0.25, 0.3) is 0 Å². The van der Waals surface area contributed by atoms with Crippen LogP contribution in [0.5, 0.6) is 0 Å². The quantitative estimate of drug-likeness (QED) is 0.561. The van der Waals surface area contributed by atoms with E-state index in [9.17, 15) is 4.39 Å². The summed E-state index contributed by atoms with van der Waals surface area (Å²) in [4.78, 5) is 13.5. The topological polar surface area (TPSA) is 79.0 Å². The Morgan fingerprint density at radius 3 is 2.62 bits per heavy atom.